The molecule has 3 aromatic heterocycles. The van der Waals surface area contributed by atoms with E-state index < -0.39 is 5.97 Å². The summed E-state index contributed by atoms with van der Waals surface area (Å²) in [5, 5.41) is 12.7. The van der Waals surface area contributed by atoms with Crippen LogP contribution in [0.15, 0.2) is 48.8 Å². The van der Waals surface area contributed by atoms with Crippen LogP contribution in [0.1, 0.15) is 74.0 Å². The van der Waals surface area contributed by atoms with E-state index in [0.717, 1.165) is 71.8 Å². The molecule has 0 fully saturated rings. The second-order valence-electron chi connectivity index (χ2n) is 13.3. The van der Waals surface area contributed by atoms with Gasteiger partial charge in [-0.25, -0.2) is 14.8 Å². The molecule has 11 heteroatoms. The second-order valence-corrected chi connectivity index (χ2v) is 14.0. The zero-order chi connectivity index (χ0) is 35.6. The smallest absolute Gasteiger partial charge is 0.352 e. The van der Waals surface area contributed by atoms with Crippen molar-refractivity contribution < 1.29 is 19.4 Å². The molecule has 0 unspecified atom stereocenters. The Bertz CT molecular complexity index is 2330. The van der Waals surface area contributed by atoms with Crippen molar-refractivity contribution in [3.8, 4) is 16.9 Å². The molecule has 2 N–H and O–H groups in total. The van der Waals surface area contributed by atoms with Crippen molar-refractivity contribution in [3.05, 3.63) is 104 Å². The Morgan fingerprint density at radius 3 is 2.38 bits per heavy atom. The van der Waals surface area contributed by atoms with Crippen LogP contribution in [-0.2, 0) is 6.42 Å². The number of hydrogen-bond acceptors (Lipinski definition) is 5. The monoisotopic (exact) mass is 709 g/mol. The maximum atomic E-state index is 14.9. The summed E-state index contributed by atoms with van der Waals surface area (Å²) in [5.74, 6) is -0.475. The molecule has 0 aliphatic carbocycles. The zero-order valence-electron chi connectivity index (χ0n) is 28.7. The van der Waals surface area contributed by atoms with Gasteiger partial charge in [-0.15, -0.1) is 0 Å². The summed E-state index contributed by atoms with van der Waals surface area (Å²) in [7, 11) is 0. The molecule has 0 saturated carbocycles. The molecule has 1 aliphatic heterocycles. The van der Waals surface area contributed by atoms with Gasteiger partial charge in [0.25, 0.3) is 5.91 Å². The third-order valence-electron chi connectivity index (χ3n) is 9.65. The summed E-state index contributed by atoms with van der Waals surface area (Å²) in [4.78, 5) is 40.7. The number of rotatable bonds is 8. The summed E-state index contributed by atoms with van der Waals surface area (Å²) in [6.07, 6.45) is 2.76. The van der Waals surface area contributed by atoms with Gasteiger partial charge in [0.1, 0.15) is 23.5 Å². The van der Waals surface area contributed by atoms with Crippen LogP contribution < -0.4 is 9.64 Å². The van der Waals surface area contributed by atoms with E-state index in [-0.39, 0.29) is 17.6 Å². The quantitative estimate of drug-likeness (QED) is 0.152. The van der Waals surface area contributed by atoms with Gasteiger partial charge in [-0.3, -0.25) is 4.79 Å². The lowest BCUT2D eigenvalue weighted by Crippen LogP contribution is -2.43. The number of ether oxygens (including phenoxy) is 1. The van der Waals surface area contributed by atoms with Crippen LogP contribution in [-0.4, -0.2) is 49.7 Å². The zero-order valence-corrected chi connectivity index (χ0v) is 30.3. The molecule has 1 amide bonds. The van der Waals surface area contributed by atoms with E-state index in [1.54, 1.807) is 17.3 Å². The number of nitrogens with one attached hydrogen (secondary N) is 1. The number of carbonyl (C=O) groups excluding carboxylic acids is 1. The maximum absolute atomic E-state index is 14.9. The second kappa shape index (κ2) is 12.8. The minimum absolute atomic E-state index is 0.0698. The van der Waals surface area contributed by atoms with E-state index in [2.05, 4.69) is 26.4 Å². The van der Waals surface area contributed by atoms with Crippen molar-refractivity contribution in [2.45, 2.75) is 60.4 Å². The minimum Gasteiger partial charge on any atom is -0.494 e. The lowest BCUT2D eigenvalue weighted by molar-refractivity contribution is 0.0691. The number of aromatic amines is 1. The van der Waals surface area contributed by atoms with Gasteiger partial charge in [-0.05, 0) is 113 Å². The average molecular weight is 711 g/mol. The number of carbonyl (C=O) groups is 2. The molecule has 1 atom stereocenters. The Labute approximate surface area is 299 Å². The standard InChI is InChI=1S/C39H37Cl2N5O4/c1-19-12-25-16-30(39(48)49)44-35(25)31(13-19)45-17-22(4)46-36-28(9-10-29(40)33(36)32-23(5)42-18-43-24(32)6)27(37(46)38(45)47)8-7-11-50-26-14-20(2)34(41)21(3)15-26/h9-10,12-16,18,22,44H,7-8,11,17H2,1-6H3,(H,48,49)/t22-/m1/s1. The Kier molecular flexibility index (Phi) is 8.60. The SMILES string of the molecule is Cc1cc(N2C[C@@H](C)n3c(c(CCCOc4cc(C)c(Cl)c(C)c4)c4ccc(Cl)c(-c5c(C)ncnc5C)c43)C2=O)c2[nH]c(C(=O)O)cc2c1. The van der Waals surface area contributed by atoms with Crippen LogP contribution in [0.25, 0.3) is 32.9 Å². The number of nitrogens with zero attached hydrogens (tertiary/aromatic N) is 4. The number of hydrogen-bond donors (Lipinski definition) is 2. The summed E-state index contributed by atoms with van der Waals surface area (Å²) >= 11 is 13.4. The molecule has 0 spiro atoms. The summed E-state index contributed by atoms with van der Waals surface area (Å²) < 4.78 is 8.32. The highest BCUT2D eigenvalue weighted by Gasteiger charge is 2.37. The van der Waals surface area contributed by atoms with Crippen LogP contribution in [0.2, 0.25) is 10.0 Å². The third-order valence-corrected chi connectivity index (χ3v) is 10.6. The van der Waals surface area contributed by atoms with E-state index >= 15 is 0 Å². The summed E-state index contributed by atoms with van der Waals surface area (Å²) in [5.41, 5.74) is 9.75. The first-order valence-electron chi connectivity index (χ1n) is 16.6. The molecular weight excluding hydrogens is 673 g/mol. The molecule has 0 radical (unpaired) electrons. The van der Waals surface area contributed by atoms with Crippen molar-refractivity contribution in [3.63, 3.8) is 0 Å². The first kappa shape index (κ1) is 33.6. The molecule has 3 aromatic carbocycles. The number of aromatic carboxylic acids is 1. The van der Waals surface area contributed by atoms with E-state index in [9.17, 15) is 14.7 Å². The topological polar surface area (TPSA) is 113 Å². The fraction of sp³-hybridized carbons (Fsp3) is 0.282. The van der Waals surface area contributed by atoms with Gasteiger partial charge in [0.15, 0.2) is 0 Å². The van der Waals surface area contributed by atoms with Crippen molar-refractivity contribution in [2.24, 2.45) is 0 Å². The summed E-state index contributed by atoms with van der Waals surface area (Å²) in [6, 6.07) is 13.1. The number of fused-ring (bicyclic) bond motifs is 4. The summed E-state index contributed by atoms with van der Waals surface area (Å²) in [6.45, 7) is 12.6. The minimum atomic E-state index is -1.06. The molecule has 9 nitrogen and oxygen atoms in total. The maximum Gasteiger partial charge on any atom is 0.352 e. The van der Waals surface area contributed by atoms with Crippen molar-refractivity contribution >= 4 is 62.6 Å². The first-order valence-corrected chi connectivity index (χ1v) is 17.3. The average Bonchev–Trinajstić information content (AvgIpc) is 3.64. The van der Waals surface area contributed by atoms with E-state index in [0.29, 0.717) is 47.9 Å². The largest absolute Gasteiger partial charge is 0.494 e. The normalized spacial score (nSPS) is 14.5. The number of benzene rings is 3. The van der Waals surface area contributed by atoms with Gasteiger partial charge < -0.3 is 24.3 Å². The van der Waals surface area contributed by atoms with Gasteiger partial charge >= 0.3 is 5.97 Å². The fourth-order valence-corrected chi connectivity index (χ4v) is 7.81. The van der Waals surface area contributed by atoms with Crippen LogP contribution in [0, 0.1) is 34.6 Å². The van der Waals surface area contributed by atoms with Crippen LogP contribution >= 0.6 is 23.2 Å². The molecule has 0 saturated heterocycles. The van der Waals surface area contributed by atoms with E-state index in [1.165, 1.54) is 0 Å². The highest BCUT2D eigenvalue weighted by Crippen LogP contribution is 2.45. The van der Waals surface area contributed by atoms with Crippen LogP contribution in [0.5, 0.6) is 5.75 Å². The van der Waals surface area contributed by atoms with Gasteiger partial charge in [0.05, 0.1) is 28.4 Å². The number of halogens is 2. The van der Waals surface area contributed by atoms with E-state index in [4.69, 9.17) is 27.9 Å². The van der Waals surface area contributed by atoms with Gasteiger partial charge in [0, 0.05) is 50.9 Å². The molecular formula is C39H37Cl2N5O4. The predicted molar refractivity (Wildman–Crippen MR) is 199 cm³/mol. The number of anilines is 1. The predicted octanol–water partition coefficient (Wildman–Crippen LogP) is 9.36. The van der Waals surface area contributed by atoms with Crippen molar-refractivity contribution in [2.75, 3.05) is 18.1 Å². The molecule has 0 bridgehead atoms. The number of H-pyrrole nitrogens is 1. The van der Waals surface area contributed by atoms with Gasteiger partial charge in [-0.1, -0.05) is 29.3 Å². The molecule has 6 aromatic rings. The Morgan fingerprint density at radius 1 is 1.00 bits per heavy atom. The number of carboxylic acid groups (broad SMARTS) is 1. The Balaban J connectivity index is 1.38. The van der Waals surface area contributed by atoms with Crippen LogP contribution in [0.4, 0.5) is 5.69 Å². The molecule has 256 valence electrons. The number of aromatic nitrogens is 4. The number of aryl methyl sites for hydroxylation is 6. The van der Waals surface area contributed by atoms with Gasteiger partial charge in [-0.2, -0.15) is 0 Å². The Morgan fingerprint density at radius 2 is 1.70 bits per heavy atom. The molecule has 7 rings (SSSR count). The lowest BCUT2D eigenvalue weighted by Gasteiger charge is -2.35. The lowest BCUT2D eigenvalue weighted by atomic mass is 9.97. The third kappa shape index (κ3) is 5.58. The number of amides is 1. The highest BCUT2D eigenvalue weighted by atomic mass is 35.5. The molecule has 50 heavy (non-hydrogen) atoms. The fourth-order valence-electron chi connectivity index (χ4n) is 7.46. The van der Waals surface area contributed by atoms with E-state index in [1.807, 2.05) is 71.0 Å². The van der Waals surface area contributed by atoms with Crippen LogP contribution in [0.3, 0.4) is 0 Å². The molecule has 4 heterocycles. The number of carboxylic acids is 1. The van der Waals surface area contributed by atoms with Crippen molar-refractivity contribution in [1.29, 1.82) is 0 Å². The first-order chi connectivity index (χ1) is 23.8. The highest BCUT2D eigenvalue weighted by molar-refractivity contribution is 6.35. The van der Waals surface area contributed by atoms with Gasteiger partial charge in [0.2, 0.25) is 0 Å². The van der Waals surface area contributed by atoms with Crippen molar-refractivity contribution in [1.82, 2.24) is 19.5 Å². The Hall–Kier alpha value is -4.86. The molecule has 1 aliphatic rings.